The second kappa shape index (κ2) is 3.56. The molecule has 0 radical (unpaired) electrons. The number of carbonyl (C=O) groups is 1. The van der Waals surface area contributed by atoms with E-state index in [-0.39, 0.29) is 12.2 Å². The van der Waals surface area contributed by atoms with Crippen LogP contribution in [0.3, 0.4) is 0 Å². The van der Waals surface area contributed by atoms with Gasteiger partial charge in [0, 0.05) is 0 Å². The molecule has 0 atom stereocenters. The number of carboxylic acids is 1. The largest absolute Gasteiger partial charge is 0.480 e. The molecule has 0 aliphatic carbocycles. The Bertz CT molecular complexity index is 118. The minimum atomic E-state index is -0.915. The van der Waals surface area contributed by atoms with Gasteiger partial charge in [0.05, 0.1) is 5.60 Å². The Labute approximate surface area is 61.0 Å². The molecule has 0 aliphatic rings. The molecule has 0 rings (SSSR count). The number of hydrogen-bond acceptors (Lipinski definition) is 2. The van der Waals surface area contributed by atoms with E-state index in [2.05, 4.69) is 0 Å². The average Bonchev–Trinajstić information content (AvgIpc) is 1.85. The van der Waals surface area contributed by atoms with Crippen LogP contribution in [0.15, 0.2) is 0 Å². The van der Waals surface area contributed by atoms with E-state index >= 15 is 0 Å². The molecule has 0 amide bonds. The molecule has 0 bridgehead atoms. The Kier molecular flexibility index (Phi) is 3.36. The lowest BCUT2D eigenvalue weighted by Gasteiger charge is -2.21. The number of rotatable bonds is 4. The molecule has 0 fully saturated rings. The highest BCUT2D eigenvalue weighted by Crippen LogP contribution is 2.12. The van der Waals surface area contributed by atoms with Gasteiger partial charge in [0.25, 0.3) is 0 Å². The molecule has 1 N–H and O–H groups in total. The van der Waals surface area contributed by atoms with Crippen LogP contribution in [0.2, 0.25) is 0 Å². The molecule has 0 aromatic rings. The van der Waals surface area contributed by atoms with E-state index in [0.29, 0.717) is 0 Å². The summed E-state index contributed by atoms with van der Waals surface area (Å²) in [5.41, 5.74) is -0.307. The van der Waals surface area contributed by atoms with Crippen LogP contribution in [-0.4, -0.2) is 23.3 Å². The van der Waals surface area contributed by atoms with Gasteiger partial charge in [-0.15, -0.1) is 0 Å². The van der Waals surface area contributed by atoms with Crippen molar-refractivity contribution in [1.29, 1.82) is 0 Å². The van der Waals surface area contributed by atoms with Crippen LogP contribution in [0.4, 0.5) is 0 Å². The smallest absolute Gasteiger partial charge is 0.329 e. The predicted octanol–water partition coefficient (Wildman–Crippen LogP) is 1.28. The molecule has 3 heteroatoms. The van der Waals surface area contributed by atoms with E-state index in [0.717, 1.165) is 6.42 Å². The first-order chi connectivity index (χ1) is 4.48. The lowest BCUT2D eigenvalue weighted by atomic mass is 10.1. The number of aliphatic carboxylic acids is 1. The van der Waals surface area contributed by atoms with E-state index in [9.17, 15) is 4.79 Å². The summed E-state index contributed by atoms with van der Waals surface area (Å²) in [6.45, 7) is 5.49. The molecule has 0 aromatic heterocycles. The van der Waals surface area contributed by atoms with Gasteiger partial charge in [-0.05, 0) is 20.3 Å². The fourth-order valence-corrected chi connectivity index (χ4v) is 0.359. The van der Waals surface area contributed by atoms with Gasteiger partial charge in [-0.2, -0.15) is 0 Å². The van der Waals surface area contributed by atoms with Crippen molar-refractivity contribution in [2.24, 2.45) is 0 Å². The molecule has 0 saturated heterocycles. The van der Waals surface area contributed by atoms with Crippen molar-refractivity contribution in [2.45, 2.75) is 32.8 Å². The molecule has 0 aliphatic heterocycles. The minimum Gasteiger partial charge on any atom is -0.480 e. The van der Waals surface area contributed by atoms with Crippen molar-refractivity contribution in [2.75, 3.05) is 6.61 Å². The maximum Gasteiger partial charge on any atom is 0.329 e. The van der Waals surface area contributed by atoms with Gasteiger partial charge >= 0.3 is 5.97 Å². The molecule has 0 heterocycles. The summed E-state index contributed by atoms with van der Waals surface area (Å²) in [7, 11) is 0. The van der Waals surface area contributed by atoms with Gasteiger partial charge in [-0.1, -0.05) is 6.92 Å². The third kappa shape index (κ3) is 4.32. The minimum absolute atomic E-state index is 0.208. The average molecular weight is 146 g/mol. The van der Waals surface area contributed by atoms with Crippen molar-refractivity contribution >= 4 is 5.97 Å². The van der Waals surface area contributed by atoms with Crippen LogP contribution in [0, 0.1) is 0 Å². The Morgan fingerprint density at radius 3 is 2.40 bits per heavy atom. The summed E-state index contributed by atoms with van der Waals surface area (Å²) < 4.78 is 5.04. The monoisotopic (exact) mass is 146 g/mol. The summed E-state index contributed by atoms with van der Waals surface area (Å²) in [6, 6.07) is 0. The fraction of sp³-hybridized carbons (Fsp3) is 0.857. The summed E-state index contributed by atoms with van der Waals surface area (Å²) in [5.74, 6) is -0.915. The van der Waals surface area contributed by atoms with Gasteiger partial charge in [-0.3, -0.25) is 0 Å². The van der Waals surface area contributed by atoms with E-state index in [4.69, 9.17) is 9.84 Å². The number of ether oxygens (including phenoxy) is 1. The highest BCUT2D eigenvalue weighted by atomic mass is 16.5. The van der Waals surface area contributed by atoms with Crippen LogP contribution < -0.4 is 0 Å². The lowest BCUT2D eigenvalue weighted by Crippen LogP contribution is -2.26. The van der Waals surface area contributed by atoms with E-state index in [1.54, 1.807) is 0 Å². The quantitative estimate of drug-likeness (QED) is 0.649. The molecule has 0 aromatic carbocycles. The third-order valence-corrected chi connectivity index (χ3v) is 1.44. The van der Waals surface area contributed by atoms with E-state index < -0.39 is 5.97 Å². The highest BCUT2D eigenvalue weighted by Gasteiger charge is 2.16. The zero-order valence-corrected chi connectivity index (χ0v) is 6.68. The van der Waals surface area contributed by atoms with Crippen LogP contribution in [0.25, 0.3) is 0 Å². The Morgan fingerprint density at radius 2 is 2.10 bits per heavy atom. The molecule has 10 heavy (non-hydrogen) atoms. The predicted molar refractivity (Wildman–Crippen MR) is 38.0 cm³/mol. The molecule has 0 spiro atoms. The maximum absolute atomic E-state index is 10.0. The van der Waals surface area contributed by atoms with Crippen LogP contribution in [-0.2, 0) is 9.53 Å². The van der Waals surface area contributed by atoms with Gasteiger partial charge in [0.2, 0.25) is 0 Å². The van der Waals surface area contributed by atoms with Gasteiger partial charge in [0.1, 0.15) is 6.61 Å². The first-order valence-corrected chi connectivity index (χ1v) is 3.33. The Hall–Kier alpha value is -0.570. The van der Waals surface area contributed by atoms with E-state index in [1.165, 1.54) is 0 Å². The molecule has 0 saturated carbocycles. The van der Waals surface area contributed by atoms with Crippen LogP contribution >= 0.6 is 0 Å². The SMILES string of the molecule is CCC(C)(C)OCC(=O)O. The van der Waals surface area contributed by atoms with Gasteiger partial charge in [-0.25, -0.2) is 4.79 Å². The maximum atomic E-state index is 10.0. The first-order valence-electron chi connectivity index (χ1n) is 3.33. The molecule has 3 nitrogen and oxygen atoms in total. The standard InChI is InChI=1S/C7H14O3/c1-4-7(2,3)10-5-6(8)9/h4-5H2,1-3H3,(H,8,9). The van der Waals surface area contributed by atoms with Crippen molar-refractivity contribution in [3.63, 3.8) is 0 Å². The zero-order valence-electron chi connectivity index (χ0n) is 6.68. The lowest BCUT2D eigenvalue weighted by molar-refractivity contribution is -0.148. The molecular formula is C7H14O3. The molecule has 60 valence electrons. The second-order valence-corrected chi connectivity index (χ2v) is 2.80. The summed E-state index contributed by atoms with van der Waals surface area (Å²) >= 11 is 0. The summed E-state index contributed by atoms with van der Waals surface area (Å²) in [6.07, 6.45) is 0.820. The van der Waals surface area contributed by atoms with E-state index in [1.807, 2.05) is 20.8 Å². The molecule has 0 unspecified atom stereocenters. The van der Waals surface area contributed by atoms with Crippen molar-refractivity contribution in [3.8, 4) is 0 Å². The topological polar surface area (TPSA) is 46.5 Å². The van der Waals surface area contributed by atoms with Crippen LogP contribution in [0.5, 0.6) is 0 Å². The number of hydrogen-bond donors (Lipinski definition) is 1. The van der Waals surface area contributed by atoms with Gasteiger partial charge in [0.15, 0.2) is 0 Å². The van der Waals surface area contributed by atoms with Crippen molar-refractivity contribution < 1.29 is 14.6 Å². The van der Waals surface area contributed by atoms with Crippen molar-refractivity contribution in [1.82, 2.24) is 0 Å². The number of carboxylic acid groups (broad SMARTS) is 1. The third-order valence-electron chi connectivity index (χ3n) is 1.44. The first kappa shape index (κ1) is 9.43. The fourth-order valence-electron chi connectivity index (χ4n) is 0.359. The Morgan fingerprint density at radius 1 is 1.60 bits per heavy atom. The summed E-state index contributed by atoms with van der Waals surface area (Å²) in [4.78, 5) is 10.0. The van der Waals surface area contributed by atoms with Crippen molar-refractivity contribution in [3.05, 3.63) is 0 Å². The Balaban J connectivity index is 3.56. The second-order valence-electron chi connectivity index (χ2n) is 2.80. The summed E-state index contributed by atoms with van der Waals surface area (Å²) in [5, 5.41) is 8.25. The zero-order chi connectivity index (χ0) is 8.20. The van der Waals surface area contributed by atoms with Crippen LogP contribution in [0.1, 0.15) is 27.2 Å². The van der Waals surface area contributed by atoms with Gasteiger partial charge < -0.3 is 9.84 Å². The normalized spacial score (nSPS) is 11.5. The highest BCUT2D eigenvalue weighted by molar-refractivity contribution is 5.68. The molecular weight excluding hydrogens is 132 g/mol.